The van der Waals surface area contributed by atoms with E-state index in [2.05, 4.69) is 17.6 Å². The number of ether oxygens (including phenoxy) is 1. The zero-order chi connectivity index (χ0) is 19.9. The number of nitrogens with one attached hydrogen (secondary N) is 2. The molecule has 3 rings (SSSR count). The van der Waals surface area contributed by atoms with Crippen LogP contribution in [-0.4, -0.2) is 31.6 Å². The van der Waals surface area contributed by atoms with Crippen molar-refractivity contribution < 1.29 is 14.3 Å². The number of rotatable bonds is 8. The SMILES string of the molecule is CCOCCCNC(=O)c1cccc(NC(=O)c2cc3c(s2)CCC(C)C3)c1. The molecule has 2 N–H and O–H groups in total. The Morgan fingerprint density at radius 2 is 2.11 bits per heavy atom. The summed E-state index contributed by atoms with van der Waals surface area (Å²) in [5.74, 6) is 0.427. The van der Waals surface area contributed by atoms with Crippen LogP contribution in [0, 0.1) is 5.92 Å². The summed E-state index contributed by atoms with van der Waals surface area (Å²) in [5, 5.41) is 5.81. The van der Waals surface area contributed by atoms with Crippen LogP contribution in [0.15, 0.2) is 30.3 Å². The van der Waals surface area contributed by atoms with Gasteiger partial charge in [-0.3, -0.25) is 9.59 Å². The second-order valence-corrected chi connectivity index (χ2v) is 8.39. The van der Waals surface area contributed by atoms with Gasteiger partial charge in [-0.25, -0.2) is 0 Å². The Morgan fingerprint density at radius 1 is 1.25 bits per heavy atom. The molecule has 2 amide bonds. The van der Waals surface area contributed by atoms with Gasteiger partial charge in [-0.05, 0) is 68.4 Å². The maximum Gasteiger partial charge on any atom is 0.265 e. The largest absolute Gasteiger partial charge is 0.382 e. The highest BCUT2D eigenvalue weighted by molar-refractivity contribution is 7.14. The molecular weight excluding hydrogens is 372 g/mol. The van der Waals surface area contributed by atoms with E-state index in [9.17, 15) is 9.59 Å². The highest BCUT2D eigenvalue weighted by Gasteiger charge is 2.20. The lowest BCUT2D eigenvalue weighted by atomic mass is 9.90. The predicted molar refractivity (Wildman–Crippen MR) is 113 cm³/mol. The minimum atomic E-state index is -0.145. The first kappa shape index (κ1) is 20.6. The number of carbonyl (C=O) groups excluding carboxylic acids is 2. The first-order valence-electron chi connectivity index (χ1n) is 9.95. The number of aryl methyl sites for hydroxylation is 1. The topological polar surface area (TPSA) is 67.4 Å². The zero-order valence-electron chi connectivity index (χ0n) is 16.5. The van der Waals surface area contributed by atoms with Crippen LogP contribution >= 0.6 is 11.3 Å². The smallest absolute Gasteiger partial charge is 0.265 e. The Balaban J connectivity index is 1.58. The molecule has 0 saturated heterocycles. The number of anilines is 1. The van der Waals surface area contributed by atoms with Gasteiger partial charge in [0.05, 0.1) is 4.88 Å². The fraction of sp³-hybridized carbons (Fsp3) is 0.455. The lowest BCUT2D eigenvalue weighted by Crippen LogP contribution is -2.25. The van der Waals surface area contributed by atoms with Gasteiger partial charge in [-0.2, -0.15) is 0 Å². The predicted octanol–water partition coefficient (Wildman–Crippen LogP) is 4.28. The standard InChI is InChI=1S/C22H28N2O3S/c1-3-27-11-5-10-23-21(25)16-6-4-7-18(13-16)24-22(26)20-14-17-12-15(2)8-9-19(17)28-20/h4,6-7,13-15H,3,5,8-12H2,1-2H3,(H,23,25)(H,24,26). The fourth-order valence-electron chi connectivity index (χ4n) is 3.37. The summed E-state index contributed by atoms with van der Waals surface area (Å²) in [6.45, 7) is 6.09. The highest BCUT2D eigenvalue weighted by Crippen LogP contribution is 2.32. The van der Waals surface area contributed by atoms with Crippen molar-refractivity contribution in [3.63, 3.8) is 0 Å². The summed E-state index contributed by atoms with van der Waals surface area (Å²) in [7, 11) is 0. The molecule has 0 saturated carbocycles. The second-order valence-electron chi connectivity index (χ2n) is 7.25. The second kappa shape index (κ2) is 9.85. The van der Waals surface area contributed by atoms with Crippen LogP contribution in [0.25, 0.3) is 0 Å². The van der Waals surface area contributed by atoms with E-state index in [4.69, 9.17) is 4.74 Å². The molecule has 0 bridgehead atoms. The molecule has 1 unspecified atom stereocenters. The van der Waals surface area contributed by atoms with Crippen LogP contribution in [0.2, 0.25) is 0 Å². The molecule has 1 aromatic heterocycles. The molecule has 5 nitrogen and oxygen atoms in total. The molecule has 0 spiro atoms. The summed E-state index contributed by atoms with van der Waals surface area (Å²) in [5.41, 5.74) is 2.48. The average Bonchev–Trinajstić information content (AvgIpc) is 3.11. The number of thiophene rings is 1. The molecule has 0 radical (unpaired) electrons. The van der Waals surface area contributed by atoms with Gasteiger partial charge < -0.3 is 15.4 Å². The maximum atomic E-state index is 12.7. The average molecular weight is 401 g/mol. The summed E-state index contributed by atoms with van der Waals surface area (Å²) >= 11 is 1.59. The molecule has 150 valence electrons. The molecule has 1 aliphatic carbocycles. The van der Waals surface area contributed by atoms with Crippen LogP contribution in [0.5, 0.6) is 0 Å². The number of carbonyl (C=O) groups is 2. The minimum absolute atomic E-state index is 0.110. The number of hydrogen-bond donors (Lipinski definition) is 2. The highest BCUT2D eigenvalue weighted by atomic mass is 32.1. The summed E-state index contributed by atoms with van der Waals surface area (Å²) in [6.07, 6.45) is 4.08. The molecule has 0 aliphatic heterocycles. The van der Waals surface area contributed by atoms with E-state index in [1.807, 2.05) is 13.0 Å². The van der Waals surface area contributed by atoms with Crippen LogP contribution in [0.1, 0.15) is 57.2 Å². The monoisotopic (exact) mass is 400 g/mol. The Hall–Kier alpha value is -2.18. The van der Waals surface area contributed by atoms with E-state index in [0.717, 1.165) is 24.1 Å². The summed E-state index contributed by atoms with van der Waals surface area (Å²) < 4.78 is 5.26. The van der Waals surface area contributed by atoms with Crippen LogP contribution in [-0.2, 0) is 17.6 Å². The Morgan fingerprint density at radius 3 is 2.93 bits per heavy atom. The molecule has 1 aliphatic rings. The van der Waals surface area contributed by atoms with Crippen molar-refractivity contribution in [2.45, 2.75) is 39.5 Å². The number of hydrogen-bond acceptors (Lipinski definition) is 4. The molecule has 0 fully saturated rings. The molecule has 1 atom stereocenters. The molecule has 2 aromatic rings. The first-order chi connectivity index (χ1) is 13.6. The third kappa shape index (κ3) is 5.42. The third-order valence-corrected chi connectivity index (χ3v) is 6.13. The van der Waals surface area contributed by atoms with Gasteiger partial charge in [0.15, 0.2) is 0 Å². The molecule has 6 heteroatoms. The van der Waals surface area contributed by atoms with E-state index in [1.165, 1.54) is 16.9 Å². The molecule has 1 heterocycles. The van der Waals surface area contributed by atoms with Gasteiger partial charge in [0.1, 0.15) is 0 Å². The Bertz CT molecular complexity index is 831. The van der Waals surface area contributed by atoms with E-state index in [-0.39, 0.29) is 11.8 Å². The minimum Gasteiger partial charge on any atom is -0.382 e. The molecular formula is C22H28N2O3S. The van der Waals surface area contributed by atoms with E-state index in [0.29, 0.717) is 36.9 Å². The van der Waals surface area contributed by atoms with Crippen molar-refractivity contribution in [2.75, 3.05) is 25.1 Å². The van der Waals surface area contributed by atoms with Gasteiger partial charge in [-0.15, -0.1) is 11.3 Å². The van der Waals surface area contributed by atoms with Crippen molar-refractivity contribution in [1.82, 2.24) is 5.32 Å². The Kier molecular flexibility index (Phi) is 7.23. The van der Waals surface area contributed by atoms with Gasteiger partial charge in [0, 0.05) is 35.9 Å². The van der Waals surface area contributed by atoms with Crippen LogP contribution in [0.4, 0.5) is 5.69 Å². The summed E-state index contributed by atoms with van der Waals surface area (Å²) in [4.78, 5) is 27.0. The van der Waals surface area contributed by atoms with Crippen molar-refractivity contribution in [3.05, 3.63) is 51.2 Å². The Labute approximate surface area is 170 Å². The van der Waals surface area contributed by atoms with Gasteiger partial charge in [-0.1, -0.05) is 13.0 Å². The van der Waals surface area contributed by atoms with Crippen molar-refractivity contribution in [3.8, 4) is 0 Å². The van der Waals surface area contributed by atoms with Gasteiger partial charge >= 0.3 is 0 Å². The normalized spacial score (nSPS) is 15.7. The number of benzene rings is 1. The van der Waals surface area contributed by atoms with Gasteiger partial charge in [0.2, 0.25) is 0 Å². The number of amides is 2. The van der Waals surface area contributed by atoms with Crippen molar-refractivity contribution in [2.24, 2.45) is 5.92 Å². The third-order valence-electron chi connectivity index (χ3n) is 4.89. The van der Waals surface area contributed by atoms with Crippen LogP contribution < -0.4 is 10.6 Å². The van der Waals surface area contributed by atoms with Crippen LogP contribution in [0.3, 0.4) is 0 Å². The summed E-state index contributed by atoms with van der Waals surface area (Å²) in [6, 6.07) is 9.08. The van der Waals surface area contributed by atoms with E-state index >= 15 is 0 Å². The first-order valence-corrected chi connectivity index (χ1v) is 10.8. The quantitative estimate of drug-likeness (QED) is 0.650. The zero-order valence-corrected chi connectivity index (χ0v) is 17.4. The van der Waals surface area contributed by atoms with Gasteiger partial charge in [0.25, 0.3) is 11.8 Å². The van der Waals surface area contributed by atoms with E-state index in [1.54, 1.807) is 35.6 Å². The maximum absolute atomic E-state index is 12.7. The lowest BCUT2D eigenvalue weighted by molar-refractivity contribution is 0.0943. The van der Waals surface area contributed by atoms with Crippen molar-refractivity contribution in [1.29, 1.82) is 0 Å². The fourth-order valence-corrected chi connectivity index (χ4v) is 4.47. The number of fused-ring (bicyclic) bond motifs is 1. The molecule has 1 aromatic carbocycles. The van der Waals surface area contributed by atoms with Crippen molar-refractivity contribution >= 4 is 28.8 Å². The molecule has 28 heavy (non-hydrogen) atoms. The van der Waals surface area contributed by atoms with E-state index < -0.39 is 0 Å². The lowest BCUT2D eigenvalue weighted by Gasteiger charge is -2.16.